The molecule has 27 heavy (non-hydrogen) atoms. The van der Waals surface area contributed by atoms with E-state index in [0.29, 0.717) is 23.9 Å². The summed E-state index contributed by atoms with van der Waals surface area (Å²) < 4.78 is 1.81. The number of primary amides is 2. The van der Waals surface area contributed by atoms with Crippen molar-refractivity contribution in [3.63, 3.8) is 0 Å². The van der Waals surface area contributed by atoms with Gasteiger partial charge in [-0.2, -0.15) is 5.10 Å². The van der Waals surface area contributed by atoms with Gasteiger partial charge in [-0.25, -0.2) is 9.67 Å². The molecule has 10 heteroatoms. The maximum absolute atomic E-state index is 11.9. The Labute approximate surface area is 154 Å². The van der Waals surface area contributed by atoms with E-state index in [2.05, 4.69) is 20.6 Å². The average Bonchev–Trinajstić information content (AvgIpc) is 3.17. The molecule has 1 aliphatic carbocycles. The number of aryl methyl sites for hydroxylation is 1. The Morgan fingerprint density at radius 3 is 2.78 bits per heavy atom. The van der Waals surface area contributed by atoms with E-state index in [1.54, 1.807) is 12.4 Å². The van der Waals surface area contributed by atoms with Crippen LogP contribution in [0.4, 0.5) is 5.69 Å². The Morgan fingerprint density at radius 2 is 2.15 bits per heavy atom. The van der Waals surface area contributed by atoms with Crippen molar-refractivity contribution in [2.24, 2.45) is 16.6 Å². The number of nitrogens with zero attached hydrogens (tertiary/aromatic N) is 4. The highest BCUT2D eigenvalue weighted by atomic mass is 16.7. The Balaban J connectivity index is 1.75. The second-order valence-electron chi connectivity index (χ2n) is 6.97. The Morgan fingerprint density at radius 1 is 1.37 bits per heavy atom. The predicted octanol–water partition coefficient (Wildman–Crippen LogP) is 0.249. The lowest BCUT2D eigenvalue weighted by Crippen LogP contribution is -2.47. The van der Waals surface area contributed by atoms with Crippen LogP contribution in [0, 0.1) is 0 Å². The van der Waals surface area contributed by atoms with E-state index < -0.39 is 17.4 Å². The molecule has 3 heterocycles. The zero-order chi connectivity index (χ0) is 19.2. The summed E-state index contributed by atoms with van der Waals surface area (Å²) >= 11 is 0. The van der Waals surface area contributed by atoms with Crippen molar-refractivity contribution in [1.29, 1.82) is 0 Å². The Bertz CT molecular complexity index is 963. The van der Waals surface area contributed by atoms with Crippen LogP contribution in [0.2, 0.25) is 0 Å². The number of nitrogens with one attached hydrogen (secondary N) is 1. The lowest BCUT2D eigenvalue weighted by Gasteiger charge is -2.21. The lowest BCUT2D eigenvalue weighted by molar-refractivity contribution is -0.145. The van der Waals surface area contributed by atoms with E-state index in [1.165, 1.54) is 0 Å². The number of hydrogen-bond donors (Lipinski definition) is 3. The minimum Gasteiger partial charge on any atom is -0.381 e. The zero-order valence-corrected chi connectivity index (χ0v) is 14.9. The van der Waals surface area contributed by atoms with E-state index in [0.717, 1.165) is 29.6 Å². The van der Waals surface area contributed by atoms with E-state index >= 15 is 0 Å². The smallest absolute Gasteiger partial charge is 0.265 e. The molecule has 0 aromatic carbocycles. The first-order chi connectivity index (χ1) is 12.9. The van der Waals surface area contributed by atoms with Gasteiger partial charge in [-0.3, -0.25) is 9.59 Å². The fraction of sp³-hybridized carbons (Fsp3) is 0.471. The van der Waals surface area contributed by atoms with Crippen LogP contribution >= 0.6 is 0 Å². The molecule has 2 aromatic rings. The first kappa shape index (κ1) is 17.3. The summed E-state index contributed by atoms with van der Waals surface area (Å²) in [5, 5.41) is 12.8. The first-order valence-corrected chi connectivity index (χ1v) is 8.88. The fourth-order valence-corrected chi connectivity index (χ4v) is 3.28. The van der Waals surface area contributed by atoms with Crippen molar-refractivity contribution in [2.45, 2.75) is 50.8 Å². The van der Waals surface area contributed by atoms with Crippen molar-refractivity contribution in [3.05, 3.63) is 18.0 Å². The number of hydrogen-bond acceptors (Lipinski definition) is 7. The normalized spacial score (nSPS) is 21.7. The highest BCUT2D eigenvalue weighted by molar-refractivity contribution is 6.13. The molecule has 1 fully saturated rings. The van der Waals surface area contributed by atoms with Crippen molar-refractivity contribution in [2.75, 3.05) is 5.32 Å². The summed E-state index contributed by atoms with van der Waals surface area (Å²) in [5.74, 6) is -1.45. The number of oxime groups is 1. The average molecular weight is 371 g/mol. The van der Waals surface area contributed by atoms with E-state index in [9.17, 15) is 9.59 Å². The van der Waals surface area contributed by atoms with Gasteiger partial charge in [0, 0.05) is 30.8 Å². The number of nitrogens with two attached hydrogens (primary N) is 2. The van der Waals surface area contributed by atoms with Crippen LogP contribution in [-0.4, -0.2) is 43.9 Å². The number of anilines is 1. The van der Waals surface area contributed by atoms with Gasteiger partial charge in [-0.15, -0.1) is 0 Å². The molecule has 1 saturated carbocycles. The number of amides is 2. The standard InChI is InChI=1S/C17H21N7O3/c1-2-24-15-11(8-21-24)14(22-9-3-4-9)10(7-20-15)12-5-17(16(19)26,27-23-12)6-13(18)25/h7-9H,2-6H2,1H3,(H2,18,25)(H2,19,26)(H,20,22). The number of rotatable bonds is 7. The topological polar surface area (TPSA) is 151 Å². The zero-order valence-electron chi connectivity index (χ0n) is 14.9. The predicted molar refractivity (Wildman–Crippen MR) is 97.8 cm³/mol. The minimum atomic E-state index is -1.55. The molecule has 4 rings (SSSR count). The van der Waals surface area contributed by atoms with Crippen LogP contribution in [0.5, 0.6) is 0 Å². The maximum Gasteiger partial charge on any atom is 0.265 e. The molecule has 142 valence electrons. The van der Waals surface area contributed by atoms with E-state index in [-0.39, 0.29) is 12.8 Å². The van der Waals surface area contributed by atoms with Gasteiger partial charge in [0.25, 0.3) is 5.91 Å². The quantitative estimate of drug-likeness (QED) is 0.635. The summed E-state index contributed by atoms with van der Waals surface area (Å²) in [7, 11) is 0. The first-order valence-electron chi connectivity index (χ1n) is 8.88. The number of aromatic nitrogens is 3. The Hall–Kier alpha value is -3.17. The second kappa shape index (κ2) is 6.22. The summed E-state index contributed by atoms with van der Waals surface area (Å²) in [6.45, 7) is 2.70. The monoisotopic (exact) mass is 371 g/mol. The van der Waals surface area contributed by atoms with Gasteiger partial charge in [0.1, 0.15) is 0 Å². The van der Waals surface area contributed by atoms with Crippen LogP contribution in [-0.2, 0) is 21.0 Å². The van der Waals surface area contributed by atoms with Gasteiger partial charge in [0.2, 0.25) is 11.5 Å². The fourth-order valence-electron chi connectivity index (χ4n) is 3.28. The third-order valence-corrected chi connectivity index (χ3v) is 4.89. The van der Waals surface area contributed by atoms with E-state index in [4.69, 9.17) is 16.3 Å². The number of fused-ring (bicyclic) bond motifs is 1. The van der Waals surface area contributed by atoms with Crippen molar-refractivity contribution >= 4 is 34.2 Å². The molecular weight excluding hydrogens is 350 g/mol. The summed E-state index contributed by atoms with van der Waals surface area (Å²) in [6.07, 6.45) is 5.34. The number of carbonyl (C=O) groups excluding carboxylic acids is 2. The van der Waals surface area contributed by atoms with Gasteiger partial charge >= 0.3 is 0 Å². The van der Waals surface area contributed by atoms with Crippen LogP contribution in [0.25, 0.3) is 11.0 Å². The lowest BCUT2D eigenvalue weighted by atomic mass is 9.90. The summed E-state index contributed by atoms with van der Waals surface area (Å²) in [4.78, 5) is 33.2. The molecule has 10 nitrogen and oxygen atoms in total. The van der Waals surface area contributed by atoms with Crippen molar-refractivity contribution in [1.82, 2.24) is 14.8 Å². The molecule has 2 amide bonds. The van der Waals surface area contributed by atoms with Gasteiger partial charge in [-0.05, 0) is 19.8 Å². The molecule has 1 atom stereocenters. The largest absolute Gasteiger partial charge is 0.381 e. The molecule has 0 bridgehead atoms. The third-order valence-electron chi connectivity index (χ3n) is 4.89. The van der Waals surface area contributed by atoms with Crippen LogP contribution in [0.3, 0.4) is 0 Å². The maximum atomic E-state index is 11.9. The third kappa shape index (κ3) is 2.96. The molecule has 0 radical (unpaired) electrons. The molecule has 2 aliphatic rings. The molecule has 2 aromatic heterocycles. The SMILES string of the molecule is CCn1ncc2c(NC3CC3)c(C3=NOC(CC(N)=O)(C(N)=O)C3)cnc21. The highest BCUT2D eigenvalue weighted by Gasteiger charge is 2.47. The summed E-state index contributed by atoms with van der Waals surface area (Å²) in [5.41, 5.74) is 12.0. The number of pyridine rings is 1. The minimum absolute atomic E-state index is 0.0553. The van der Waals surface area contributed by atoms with Gasteiger partial charge < -0.3 is 21.6 Å². The van der Waals surface area contributed by atoms with Crippen LogP contribution in [0.15, 0.2) is 17.5 Å². The highest BCUT2D eigenvalue weighted by Crippen LogP contribution is 2.36. The van der Waals surface area contributed by atoms with Gasteiger partial charge in [-0.1, -0.05) is 5.16 Å². The van der Waals surface area contributed by atoms with Crippen LogP contribution < -0.4 is 16.8 Å². The molecule has 1 aliphatic heterocycles. The second-order valence-corrected chi connectivity index (χ2v) is 6.97. The number of carbonyl (C=O) groups is 2. The molecule has 0 saturated heterocycles. The molecule has 1 unspecified atom stereocenters. The van der Waals surface area contributed by atoms with Crippen LogP contribution in [0.1, 0.15) is 38.2 Å². The summed E-state index contributed by atoms with van der Waals surface area (Å²) in [6, 6.07) is 0.383. The van der Waals surface area contributed by atoms with Gasteiger partial charge in [0.05, 0.1) is 29.4 Å². The molecule has 5 N–H and O–H groups in total. The van der Waals surface area contributed by atoms with Crippen molar-refractivity contribution in [3.8, 4) is 0 Å². The van der Waals surface area contributed by atoms with Crippen molar-refractivity contribution < 1.29 is 14.4 Å². The Kier molecular flexibility index (Phi) is 3.97. The van der Waals surface area contributed by atoms with Gasteiger partial charge in [0.15, 0.2) is 5.65 Å². The molecular formula is C17H21N7O3. The molecule has 0 spiro atoms. The van der Waals surface area contributed by atoms with E-state index in [1.807, 2.05) is 11.6 Å².